The second kappa shape index (κ2) is 63.0. The van der Waals surface area contributed by atoms with Gasteiger partial charge >= 0.3 is 513 Å². The second-order valence-corrected chi connectivity index (χ2v) is 35.8. The number of rotatable bonds is 68. The van der Waals surface area contributed by atoms with Gasteiger partial charge in [0.15, 0.2) is 0 Å². The fourth-order valence-corrected chi connectivity index (χ4v) is 19.1. The first kappa shape index (κ1) is 94.8. The maximum absolute atomic E-state index is 15.8. The molecule has 4 amide bonds. The van der Waals surface area contributed by atoms with Crippen molar-refractivity contribution in [1.29, 1.82) is 0 Å². The Bertz CT molecular complexity index is 2610. The molecule has 4 rings (SSSR count). The first-order chi connectivity index (χ1) is 53.3. The van der Waals surface area contributed by atoms with E-state index < -0.39 is 91.7 Å². The van der Waals surface area contributed by atoms with Crippen molar-refractivity contribution < 1.29 is 50.7 Å². The quantitative estimate of drug-likeness (QED) is 0.0239. The molecule has 0 aliphatic carbocycles. The van der Waals surface area contributed by atoms with E-state index in [1.807, 2.05) is 24.3 Å². The molecular formula is C92H144N4O12Sn. The summed E-state index contributed by atoms with van der Waals surface area (Å²) in [4.78, 5) is 120. The minimum atomic E-state index is -7.43. The molecule has 0 bridgehead atoms. The summed E-state index contributed by atoms with van der Waals surface area (Å²) >= 11 is -7.43. The molecule has 0 aromatic heterocycles. The van der Waals surface area contributed by atoms with Crippen LogP contribution in [0.2, 0.25) is 0 Å². The summed E-state index contributed by atoms with van der Waals surface area (Å²) in [6.45, 7) is 8.87. The van der Waals surface area contributed by atoms with Gasteiger partial charge in [0, 0.05) is 0 Å². The van der Waals surface area contributed by atoms with E-state index in [0.717, 1.165) is 103 Å². The van der Waals surface area contributed by atoms with E-state index >= 15 is 19.2 Å². The SMILES string of the molecule is CCCCCCCCCCCCCC(=O)N[C@@H](Cc1ccccc1)C(=O)[O][Sn]([O]C(=O)[C@H](Cc1ccccc1)NC(=O)CCCCCCCCCCCCC)([O]C(=O)[C@H](Cc1ccccc1)NC(=O)CCCCCCCCCCCCC)[O]C(=O)[C@H](Cc1ccccc1)NC(=O)CCCCCCCCCCCCC. The summed E-state index contributed by atoms with van der Waals surface area (Å²) in [5.74, 6) is -6.79. The molecule has 4 atom stereocenters. The van der Waals surface area contributed by atoms with Gasteiger partial charge in [-0.25, -0.2) is 0 Å². The predicted molar refractivity (Wildman–Crippen MR) is 443 cm³/mol. The van der Waals surface area contributed by atoms with Crippen LogP contribution in [0, 0.1) is 0 Å². The molecule has 0 radical (unpaired) electrons. The van der Waals surface area contributed by atoms with Gasteiger partial charge in [0.05, 0.1) is 0 Å². The van der Waals surface area contributed by atoms with Crippen molar-refractivity contribution >= 4 is 67.5 Å². The third-order valence-corrected chi connectivity index (χ3v) is 25.7. The Hall–Kier alpha value is -6.56. The first-order valence-electron chi connectivity index (χ1n) is 43.5. The van der Waals surface area contributed by atoms with Gasteiger partial charge in [-0.3, -0.25) is 0 Å². The Balaban J connectivity index is 1.84. The summed E-state index contributed by atoms with van der Waals surface area (Å²) in [6, 6.07) is 29.7. The number of benzene rings is 4. The zero-order chi connectivity index (χ0) is 78.3. The molecule has 0 fully saturated rings. The van der Waals surface area contributed by atoms with E-state index in [1.165, 1.54) is 154 Å². The van der Waals surface area contributed by atoms with Gasteiger partial charge < -0.3 is 0 Å². The zero-order valence-electron chi connectivity index (χ0n) is 68.0. The molecule has 0 saturated heterocycles. The number of hydrogen-bond donors (Lipinski definition) is 4. The summed E-state index contributed by atoms with van der Waals surface area (Å²) in [5, 5.41) is 11.6. The van der Waals surface area contributed by atoms with Crippen LogP contribution in [-0.4, -0.2) is 91.7 Å². The van der Waals surface area contributed by atoms with Gasteiger partial charge in [-0.05, 0) is 0 Å². The van der Waals surface area contributed by atoms with Crippen molar-refractivity contribution in [2.24, 2.45) is 0 Å². The van der Waals surface area contributed by atoms with Crippen LogP contribution in [-0.2, 0) is 76.3 Å². The van der Waals surface area contributed by atoms with E-state index in [0.29, 0.717) is 47.9 Å². The van der Waals surface area contributed by atoms with E-state index in [2.05, 4.69) is 49.0 Å². The van der Waals surface area contributed by atoms with Crippen molar-refractivity contribution in [2.45, 2.75) is 386 Å². The van der Waals surface area contributed by atoms with Crippen LogP contribution in [0.3, 0.4) is 0 Å². The molecule has 17 heteroatoms. The van der Waals surface area contributed by atoms with Crippen molar-refractivity contribution in [3.63, 3.8) is 0 Å². The molecule has 4 aromatic carbocycles. The molecular weight excluding hydrogens is 1470 g/mol. The number of carbonyl (C=O) groups is 8. The van der Waals surface area contributed by atoms with Crippen molar-refractivity contribution in [2.75, 3.05) is 0 Å². The Morgan fingerprint density at radius 2 is 0.376 bits per heavy atom. The molecule has 4 N–H and O–H groups in total. The Kier molecular flexibility index (Phi) is 54.8. The summed E-state index contributed by atoms with van der Waals surface area (Å²) in [7, 11) is 0. The van der Waals surface area contributed by atoms with Crippen LogP contribution in [0.4, 0.5) is 0 Å². The maximum atomic E-state index is 15.8. The summed E-state index contributed by atoms with van der Waals surface area (Å²) < 4.78 is 26.1. The van der Waals surface area contributed by atoms with Gasteiger partial charge in [0.2, 0.25) is 0 Å². The van der Waals surface area contributed by atoms with E-state index in [-0.39, 0.29) is 51.4 Å². The first-order valence-corrected chi connectivity index (χ1v) is 48.2. The molecule has 608 valence electrons. The smallest absolute Gasteiger partial charge is 0.0654 e. The Labute approximate surface area is 664 Å². The number of unbranched alkanes of at least 4 members (excludes halogenated alkanes) is 40. The molecule has 0 heterocycles. The van der Waals surface area contributed by atoms with Crippen molar-refractivity contribution in [3.8, 4) is 0 Å². The molecule has 0 unspecified atom stereocenters. The number of carbonyl (C=O) groups excluding carboxylic acids is 8. The summed E-state index contributed by atoms with van der Waals surface area (Å²) in [6.07, 6.45) is 46.8. The van der Waals surface area contributed by atoms with Crippen LogP contribution in [0.15, 0.2) is 121 Å². The number of hydrogen-bond acceptors (Lipinski definition) is 12. The van der Waals surface area contributed by atoms with Gasteiger partial charge in [-0.1, -0.05) is 156 Å². The van der Waals surface area contributed by atoms with Crippen LogP contribution in [0.25, 0.3) is 0 Å². The zero-order valence-corrected chi connectivity index (χ0v) is 70.9. The predicted octanol–water partition coefficient (Wildman–Crippen LogP) is 21.3. The van der Waals surface area contributed by atoms with Crippen molar-refractivity contribution in [1.82, 2.24) is 21.3 Å². The molecule has 0 spiro atoms. The number of amides is 4. The molecule has 4 aromatic rings. The van der Waals surface area contributed by atoms with Crippen LogP contribution >= 0.6 is 0 Å². The Morgan fingerprint density at radius 1 is 0.229 bits per heavy atom. The number of nitrogens with one attached hydrogen (secondary N) is 4. The van der Waals surface area contributed by atoms with Crippen molar-refractivity contribution in [3.05, 3.63) is 144 Å². The minimum absolute atomic E-state index is 0.0726. The summed E-state index contributed by atoms with van der Waals surface area (Å²) in [5.41, 5.74) is 2.45. The van der Waals surface area contributed by atoms with Crippen LogP contribution in [0.5, 0.6) is 0 Å². The van der Waals surface area contributed by atoms with Crippen LogP contribution < -0.4 is 21.3 Å². The topological polar surface area (TPSA) is 222 Å². The third-order valence-electron chi connectivity index (χ3n) is 20.5. The van der Waals surface area contributed by atoms with Gasteiger partial charge in [0.25, 0.3) is 0 Å². The average molecular weight is 1620 g/mol. The van der Waals surface area contributed by atoms with Gasteiger partial charge in [-0.15, -0.1) is 0 Å². The monoisotopic (exact) mass is 1620 g/mol. The van der Waals surface area contributed by atoms with E-state index in [4.69, 9.17) is 12.3 Å². The average Bonchev–Trinajstić information content (AvgIpc) is 0.797. The third kappa shape index (κ3) is 47.4. The van der Waals surface area contributed by atoms with Crippen LogP contribution in [0.1, 0.15) is 358 Å². The van der Waals surface area contributed by atoms with Gasteiger partial charge in [-0.2, -0.15) is 0 Å². The Morgan fingerprint density at radius 3 is 0.532 bits per heavy atom. The van der Waals surface area contributed by atoms with E-state index in [9.17, 15) is 19.2 Å². The molecule has 0 saturated carbocycles. The fourth-order valence-electron chi connectivity index (χ4n) is 13.9. The molecule has 0 aliphatic heterocycles. The fraction of sp³-hybridized carbons (Fsp3) is 0.652. The normalized spacial score (nSPS) is 12.4. The second-order valence-electron chi connectivity index (χ2n) is 30.6. The van der Waals surface area contributed by atoms with Gasteiger partial charge in [0.1, 0.15) is 0 Å². The molecule has 109 heavy (non-hydrogen) atoms. The standard InChI is InChI=1S/4C23H37NO3.Sn/c4*1-2-3-4-5-6-7-8-9-10-11-15-18-22(25)24-21(23(26)27)19-20-16-13-12-14-17-20;/h4*12-14,16-17,21H,2-11,15,18-19H2,1H3,(H,24,25)(H,26,27);/q;;;;+4/p-4/t4*21-;/m0000./s1. The molecule has 0 aliphatic rings. The molecule has 16 nitrogen and oxygen atoms in total. The van der Waals surface area contributed by atoms with E-state index in [1.54, 1.807) is 97.1 Å². The minimum Gasteiger partial charge on any atom is -0.0654 e.